The van der Waals surface area contributed by atoms with E-state index >= 15 is 0 Å². The van der Waals surface area contributed by atoms with E-state index in [9.17, 15) is 19.8 Å². The molecule has 0 atom stereocenters. The molecule has 0 amide bonds. The lowest BCUT2D eigenvalue weighted by Gasteiger charge is -2.14. The SMILES string of the molecule is CC(C)n1c(NCCc2ccc(O)c(O)c2)nc2c1c(=O)n(C)c(=O)n2C. The van der Waals surface area contributed by atoms with E-state index < -0.39 is 5.69 Å². The number of hydrogen-bond acceptors (Lipinski definition) is 6. The number of aromatic nitrogens is 4. The highest BCUT2D eigenvalue weighted by atomic mass is 16.3. The van der Waals surface area contributed by atoms with Crippen LogP contribution in [0.25, 0.3) is 11.2 Å². The van der Waals surface area contributed by atoms with Gasteiger partial charge in [-0.15, -0.1) is 0 Å². The molecule has 2 aromatic heterocycles. The highest BCUT2D eigenvalue weighted by Gasteiger charge is 2.20. The minimum atomic E-state index is -0.424. The number of rotatable bonds is 5. The number of benzene rings is 1. The van der Waals surface area contributed by atoms with Gasteiger partial charge < -0.3 is 20.1 Å². The highest BCUT2D eigenvalue weighted by Crippen LogP contribution is 2.25. The Morgan fingerprint density at radius 3 is 2.44 bits per heavy atom. The summed E-state index contributed by atoms with van der Waals surface area (Å²) < 4.78 is 4.22. The number of imidazole rings is 1. The van der Waals surface area contributed by atoms with Crippen molar-refractivity contribution < 1.29 is 10.2 Å². The molecule has 0 fully saturated rings. The number of anilines is 1. The Labute approximate surface area is 155 Å². The topological polar surface area (TPSA) is 114 Å². The smallest absolute Gasteiger partial charge is 0.332 e. The van der Waals surface area contributed by atoms with Crippen molar-refractivity contribution in [2.24, 2.45) is 14.1 Å². The van der Waals surface area contributed by atoms with Crippen LogP contribution in [0.15, 0.2) is 27.8 Å². The number of fused-ring (bicyclic) bond motifs is 1. The molecule has 27 heavy (non-hydrogen) atoms. The van der Waals surface area contributed by atoms with Gasteiger partial charge in [-0.05, 0) is 38.0 Å². The second kappa shape index (κ2) is 6.82. The summed E-state index contributed by atoms with van der Waals surface area (Å²) in [5.74, 6) is 0.173. The van der Waals surface area contributed by atoms with Gasteiger partial charge in [-0.1, -0.05) is 6.07 Å². The largest absolute Gasteiger partial charge is 0.504 e. The van der Waals surface area contributed by atoms with Crippen LogP contribution < -0.4 is 16.6 Å². The molecule has 3 aromatic rings. The van der Waals surface area contributed by atoms with E-state index in [-0.39, 0.29) is 23.1 Å². The number of phenolic OH excluding ortho intramolecular Hbond substituents is 2. The van der Waals surface area contributed by atoms with Gasteiger partial charge in [-0.2, -0.15) is 4.98 Å². The Morgan fingerprint density at radius 1 is 1.11 bits per heavy atom. The van der Waals surface area contributed by atoms with Crippen LogP contribution in [-0.2, 0) is 20.5 Å². The van der Waals surface area contributed by atoms with Gasteiger partial charge in [0.15, 0.2) is 22.7 Å². The molecule has 9 heteroatoms. The second-order valence-electron chi connectivity index (χ2n) is 6.78. The molecule has 0 aliphatic carbocycles. The Morgan fingerprint density at radius 2 is 1.81 bits per heavy atom. The first kappa shape index (κ1) is 18.6. The van der Waals surface area contributed by atoms with Crippen molar-refractivity contribution in [1.29, 1.82) is 0 Å². The fourth-order valence-corrected chi connectivity index (χ4v) is 3.09. The van der Waals surface area contributed by atoms with Crippen LogP contribution >= 0.6 is 0 Å². The maximum Gasteiger partial charge on any atom is 0.332 e. The molecule has 0 bridgehead atoms. The molecule has 0 radical (unpaired) electrons. The molecule has 3 rings (SSSR count). The van der Waals surface area contributed by atoms with Crippen molar-refractivity contribution in [3.63, 3.8) is 0 Å². The van der Waals surface area contributed by atoms with Gasteiger partial charge in [0, 0.05) is 26.7 Å². The van der Waals surface area contributed by atoms with E-state index in [0.29, 0.717) is 30.1 Å². The zero-order valence-corrected chi connectivity index (χ0v) is 15.7. The molecule has 0 aliphatic rings. The van der Waals surface area contributed by atoms with Crippen LogP contribution in [0.2, 0.25) is 0 Å². The summed E-state index contributed by atoms with van der Waals surface area (Å²) >= 11 is 0. The molecule has 1 aromatic carbocycles. The maximum absolute atomic E-state index is 12.6. The van der Waals surface area contributed by atoms with Gasteiger partial charge in [0.25, 0.3) is 5.56 Å². The standard InChI is InChI=1S/C18H23N5O4/c1-10(2)23-14-15(21(3)18(27)22(4)16(14)26)20-17(23)19-8-7-11-5-6-12(24)13(25)9-11/h5-6,9-10,24-25H,7-8H2,1-4H3,(H,19,20). The summed E-state index contributed by atoms with van der Waals surface area (Å²) in [6, 6.07) is 4.62. The molecule has 144 valence electrons. The van der Waals surface area contributed by atoms with Gasteiger partial charge >= 0.3 is 5.69 Å². The summed E-state index contributed by atoms with van der Waals surface area (Å²) in [5, 5.41) is 22.2. The minimum absolute atomic E-state index is 0.0413. The lowest BCUT2D eigenvalue weighted by Crippen LogP contribution is -2.37. The number of phenols is 2. The van der Waals surface area contributed by atoms with Crippen molar-refractivity contribution in [1.82, 2.24) is 18.7 Å². The molecule has 9 nitrogen and oxygen atoms in total. The van der Waals surface area contributed by atoms with Crippen LogP contribution in [0.5, 0.6) is 11.5 Å². The lowest BCUT2D eigenvalue weighted by molar-refractivity contribution is 0.403. The third-order valence-electron chi connectivity index (χ3n) is 4.54. The summed E-state index contributed by atoms with van der Waals surface area (Å²) in [4.78, 5) is 29.2. The molecular weight excluding hydrogens is 350 g/mol. The van der Waals surface area contributed by atoms with E-state index in [1.807, 2.05) is 13.8 Å². The van der Waals surface area contributed by atoms with E-state index in [1.165, 1.54) is 23.7 Å². The van der Waals surface area contributed by atoms with Gasteiger partial charge in [-0.25, -0.2) is 4.79 Å². The zero-order valence-electron chi connectivity index (χ0n) is 15.7. The summed E-state index contributed by atoms with van der Waals surface area (Å²) in [5.41, 5.74) is 0.743. The quantitative estimate of drug-likeness (QED) is 0.577. The van der Waals surface area contributed by atoms with E-state index in [4.69, 9.17) is 0 Å². The zero-order chi connectivity index (χ0) is 19.9. The Hall–Kier alpha value is -3.23. The maximum atomic E-state index is 12.6. The van der Waals surface area contributed by atoms with Gasteiger partial charge in [-0.3, -0.25) is 13.9 Å². The van der Waals surface area contributed by atoms with Crippen molar-refractivity contribution in [2.45, 2.75) is 26.3 Å². The highest BCUT2D eigenvalue weighted by molar-refractivity contribution is 5.74. The van der Waals surface area contributed by atoms with Crippen LogP contribution in [0, 0.1) is 0 Å². The first-order valence-electron chi connectivity index (χ1n) is 8.65. The average molecular weight is 373 g/mol. The van der Waals surface area contributed by atoms with Gasteiger partial charge in [0.2, 0.25) is 5.95 Å². The van der Waals surface area contributed by atoms with Crippen LogP contribution in [-0.4, -0.2) is 35.4 Å². The molecule has 0 saturated heterocycles. The first-order valence-corrected chi connectivity index (χ1v) is 8.65. The number of hydrogen-bond donors (Lipinski definition) is 3. The normalized spacial score (nSPS) is 11.4. The molecule has 0 saturated carbocycles. The van der Waals surface area contributed by atoms with E-state index in [0.717, 1.165) is 10.1 Å². The fourth-order valence-electron chi connectivity index (χ4n) is 3.09. The van der Waals surface area contributed by atoms with Crippen molar-refractivity contribution >= 4 is 17.1 Å². The van der Waals surface area contributed by atoms with Crippen LogP contribution in [0.4, 0.5) is 5.95 Å². The fraction of sp³-hybridized carbons (Fsp3) is 0.389. The number of nitrogens with zero attached hydrogens (tertiary/aromatic N) is 4. The first-order chi connectivity index (χ1) is 12.7. The van der Waals surface area contributed by atoms with Gasteiger partial charge in [0.05, 0.1) is 0 Å². The van der Waals surface area contributed by atoms with Crippen molar-refractivity contribution in [3.05, 3.63) is 44.6 Å². The molecule has 2 heterocycles. The van der Waals surface area contributed by atoms with Crippen molar-refractivity contribution in [3.8, 4) is 11.5 Å². The summed E-state index contributed by atoms with van der Waals surface area (Å²) in [6.45, 7) is 4.37. The molecule has 3 N–H and O–H groups in total. The third kappa shape index (κ3) is 3.16. The monoisotopic (exact) mass is 373 g/mol. The van der Waals surface area contributed by atoms with E-state index in [2.05, 4.69) is 10.3 Å². The number of aromatic hydroxyl groups is 2. The second-order valence-corrected chi connectivity index (χ2v) is 6.78. The predicted octanol–water partition coefficient (Wildman–Crippen LogP) is 1.08. The Kier molecular flexibility index (Phi) is 4.69. The lowest BCUT2D eigenvalue weighted by atomic mass is 10.1. The Balaban J connectivity index is 1.96. The minimum Gasteiger partial charge on any atom is -0.504 e. The Bertz CT molecular complexity index is 1120. The van der Waals surface area contributed by atoms with E-state index in [1.54, 1.807) is 17.7 Å². The number of aryl methyl sites for hydroxylation is 1. The molecule has 0 unspecified atom stereocenters. The van der Waals surface area contributed by atoms with Crippen molar-refractivity contribution in [2.75, 3.05) is 11.9 Å². The average Bonchev–Trinajstić information content (AvgIpc) is 3.01. The molecule has 0 aliphatic heterocycles. The van der Waals surface area contributed by atoms with Crippen LogP contribution in [0.1, 0.15) is 25.5 Å². The predicted molar refractivity (Wildman–Crippen MR) is 103 cm³/mol. The third-order valence-corrected chi connectivity index (χ3v) is 4.54. The summed E-state index contributed by atoms with van der Waals surface area (Å²) in [6.07, 6.45) is 0.575. The number of nitrogens with one attached hydrogen (secondary N) is 1. The molecular formula is C18H23N5O4. The molecule has 0 spiro atoms. The van der Waals surface area contributed by atoms with Gasteiger partial charge in [0.1, 0.15) is 0 Å². The summed E-state index contributed by atoms with van der Waals surface area (Å²) in [7, 11) is 3.04. The van der Waals surface area contributed by atoms with Crippen LogP contribution in [0.3, 0.4) is 0 Å².